The number of benzene rings is 2. The molecule has 0 spiro atoms. The Morgan fingerprint density at radius 1 is 1.04 bits per heavy atom. The number of hydrogen-bond acceptors (Lipinski definition) is 2. The summed E-state index contributed by atoms with van der Waals surface area (Å²) in [6.45, 7) is 7.74. The van der Waals surface area contributed by atoms with Crippen molar-refractivity contribution in [1.82, 2.24) is 10.2 Å². The molecule has 0 fully saturated rings. The molecule has 0 radical (unpaired) electrons. The van der Waals surface area contributed by atoms with Gasteiger partial charge < -0.3 is 10.2 Å². The highest BCUT2D eigenvalue weighted by Gasteiger charge is 2.28. The summed E-state index contributed by atoms with van der Waals surface area (Å²) in [5, 5.41) is 2.93. The minimum atomic E-state index is -0.643. The minimum Gasteiger partial charge on any atom is -0.350 e. The highest BCUT2D eigenvalue weighted by atomic mass is 79.9. The second-order valence-electron chi connectivity index (χ2n) is 7.87. The summed E-state index contributed by atoms with van der Waals surface area (Å²) in [7, 11) is 0. The van der Waals surface area contributed by atoms with Crippen molar-refractivity contribution in [3.8, 4) is 0 Å². The average Bonchev–Trinajstić information content (AvgIpc) is 2.61. The fourth-order valence-corrected chi connectivity index (χ4v) is 2.99. The first-order valence-corrected chi connectivity index (χ1v) is 9.95. The number of nitrogens with one attached hydrogen (secondary N) is 1. The highest BCUT2D eigenvalue weighted by Crippen LogP contribution is 2.16. The van der Waals surface area contributed by atoms with Crippen LogP contribution >= 0.6 is 15.9 Å². The van der Waals surface area contributed by atoms with Crippen molar-refractivity contribution in [2.45, 2.75) is 52.2 Å². The monoisotopic (exact) mass is 448 g/mol. The molecule has 0 aliphatic carbocycles. The van der Waals surface area contributed by atoms with Crippen molar-refractivity contribution in [3.05, 3.63) is 69.9 Å². The Morgan fingerprint density at radius 3 is 2.11 bits per heavy atom. The number of halogens is 2. The molecule has 2 aromatic carbocycles. The zero-order chi connectivity index (χ0) is 20.9. The van der Waals surface area contributed by atoms with Gasteiger partial charge in [0, 0.05) is 16.6 Å². The first-order chi connectivity index (χ1) is 13.0. The Kier molecular flexibility index (Phi) is 7.35. The van der Waals surface area contributed by atoms with Crippen LogP contribution in [0.2, 0.25) is 0 Å². The smallest absolute Gasteiger partial charge is 0.242 e. The van der Waals surface area contributed by atoms with Crippen LogP contribution in [0.1, 0.15) is 38.8 Å². The summed E-state index contributed by atoms with van der Waals surface area (Å²) in [5.41, 5.74) is 1.23. The lowest BCUT2D eigenvalue weighted by molar-refractivity contribution is -0.140. The lowest BCUT2D eigenvalue weighted by atomic mass is 10.1. The molecule has 1 N–H and O–H groups in total. The van der Waals surface area contributed by atoms with Crippen LogP contribution in [0.15, 0.2) is 53.0 Å². The van der Waals surface area contributed by atoms with E-state index in [0.29, 0.717) is 12.1 Å². The minimum absolute atomic E-state index is 0.101. The fraction of sp³-hybridized carbons (Fsp3) is 0.364. The number of rotatable bonds is 6. The van der Waals surface area contributed by atoms with Crippen molar-refractivity contribution in [1.29, 1.82) is 0 Å². The summed E-state index contributed by atoms with van der Waals surface area (Å²) in [5.74, 6) is -0.746. The summed E-state index contributed by atoms with van der Waals surface area (Å²) >= 11 is 3.40. The summed E-state index contributed by atoms with van der Waals surface area (Å²) < 4.78 is 14.1. The zero-order valence-electron chi connectivity index (χ0n) is 16.6. The molecule has 150 valence electrons. The Balaban J connectivity index is 2.23. The number of carbonyl (C=O) groups excluding carboxylic acids is 2. The molecule has 0 bridgehead atoms. The van der Waals surface area contributed by atoms with Gasteiger partial charge in [-0.3, -0.25) is 9.59 Å². The third-order valence-corrected chi connectivity index (χ3v) is 4.73. The predicted molar refractivity (Wildman–Crippen MR) is 112 cm³/mol. The molecule has 0 aliphatic heterocycles. The molecule has 0 aliphatic rings. The number of carbonyl (C=O) groups is 2. The summed E-state index contributed by atoms with van der Waals surface area (Å²) in [6.07, 6.45) is 0.101. The number of amides is 2. The maximum absolute atomic E-state index is 13.1. The van der Waals surface area contributed by atoms with Crippen molar-refractivity contribution in [2.24, 2.45) is 0 Å². The average molecular weight is 449 g/mol. The second kappa shape index (κ2) is 9.32. The molecule has 0 saturated heterocycles. The van der Waals surface area contributed by atoms with Crippen LogP contribution in [-0.4, -0.2) is 28.3 Å². The molecule has 0 saturated carbocycles. The van der Waals surface area contributed by atoms with Gasteiger partial charge >= 0.3 is 0 Å². The lowest BCUT2D eigenvalue weighted by Gasteiger charge is -2.31. The largest absolute Gasteiger partial charge is 0.350 e. The predicted octanol–water partition coefficient (Wildman–Crippen LogP) is 4.46. The Labute approximate surface area is 174 Å². The van der Waals surface area contributed by atoms with Crippen molar-refractivity contribution in [2.75, 3.05) is 0 Å². The van der Waals surface area contributed by atoms with E-state index in [1.165, 1.54) is 12.1 Å². The highest BCUT2D eigenvalue weighted by molar-refractivity contribution is 9.10. The van der Waals surface area contributed by atoms with Gasteiger partial charge in [-0.05, 0) is 63.1 Å². The molecule has 1 atom stereocenters. The van der Waals surface area contributed by atoms with E-state index < -0.39 is 11.6 Å². The van der Waals surface area contributed by atoms with Gasteiger partial charge in [0.25, 0.3) is 0 Å². The maximum atomic E-state index is 13.1. The first kappa shape index (κ1) is 22.1. The van der Waals surface area contributed by atoms with E-state index in [1.807, 2.05) is 45.0 Å². The van der Waals surface area contributed by atoms with Crippen LogP contribution < -0.4 is 5.32 Å². The van der Waals surface area contributed by atoms with Crippen LogP contribution in [0.5, 0.6) is 0 Å². The summed E-state index contributed by atoms with van der Waals surface area (Å²) in [6, 6.07) is 12.8. The summed E-state index contributed by atoms with van der Waals surface area (Å²) in [4.78, 5) is 27.3. The molecule has 0 unspecified atom stereocenters. The van der Waals surface area contributed by atoms with Crippen LogP contribution in [0.4, 0.5) is 4.39 Å². The zero-order valence-corrected chi connectivity index (χ0v) is 18.2. The molecule has 6 heteroatoms. The van der Waals surface area contributed by atoms with Crippen LogP contribution in [0.3, 0.4) is 0 Å². The van der Waals surface area contributed by atoms with Crippen LogP contribution in [0, 0.1) is 5.82 Å². The SMILES string of the molecule is C[C@@H](C(=O)NC(C)(C)C)N(Cc1ccc(Br)cc1)C(=O)Cc1ccc(F)cc1. The van der Waals surface area contributed by atoms with E-state index in [-0.39, 0.29) is 24.1 Å². The lowest BCUT2D eigenvalue weighted by Crippen LogP contribution is -2.52. The number of hydrogen-bond donors (Lipinski definition) is 1. The van der Waals surface area contributed by atoms with E-state index in [2.05, 4.69) is 21.2 Å². The molecular formula is C22H26BrFN2O2. The molecule has 28 heavy (non-hydrogen) atoms. The van der Waals surface area contributed by atoms with Gasteiger partial charge in [0.2, 0.25) is 11.8 Å². The maximum Gasteiger partial charge on any atom is 0.242 e. The first-order valence-electron chi connectivity index (χ1n) is 9.15. The molecule has 0 heterocycles. The van der Waals surface area contributed by atoms with E-state index in [9.17, 15) is 14.0 Å². The standard InChI is InChI=1S/C22H26BrFN2O2/c1-15(21(28)25-22(2,3)4)26(14-17-5-9-18(23)10-6-17)20(27)13-16-7-11-19(24)12-8-16/h5-12,15H,13-14H2,1-4H3,(H,25,28)/t15-/m0/s1. The van der Waals surface area contributed by atoms with Crippen molar-refractivity contribution in [3.63, 3.8) is 0 Å². The van der Waals surface area contributed by atoms with Crippen LogP contribution in [0.25, 0.3) is 0 Å². The Hall–Kier alpha value is -2.21. The quantitative estimate of drug-likeness (QED) is 0.708. The van der Waals surface area contributed by atoms with Gasteiger partial charge in [0.1, 0.15) is 11.9 Å². The number of nitrogens with zero attached hydrogens (tertiary/aromatic N) is 1. The van der Waals surface area contributed by atoms with Crippen molar-refractivity contribution < 1.29 is 14.0 Å². The van der Waals surface area contributed by atoms with E-state index in [4.69, 9.17) is 0 Å². The normalized spacial score (nSPS) is 12.4. The Morgan fingerprint density at radius 2 is 1.57 bits per heavy atom. The molecule has 0 aromatic heterocycles. The van der Waals surface area contributed by atoms with Gasteiger partial charge in [-0.15, -0.1) is 0 Å². The van der Waals surface area contributed by atoms with Gasteiger partial charge in [-0.1, -0.05) is 40.2 Å². The Bertz CT molecular complexity index is 814. The van der Waals surface area contributed by atoms with Gasteiger partial charge in [-0.2, -0.15) is 0 Å². The van der Waals surface area contributed by atoms with E-state index >= 15 is 0 Å². The van der Waals surface area contributed by atoms with Gasteiger partial charge in [0.05, 0.1) is 6.42 Å². The van der Waals surface area contributed by atoms with E-state index in [0.717, 1.165) is 10.0 Å². The topological polar surface area (TPSA) is 49.4 Å². The van der Waals surface area contributed by atoms with Gasteiger partial charge in [-0.25, -0.2) is 4.39 Å². The van der Waals surface area contributed by atoms with Crippen molar-refractivity contribution >= 4 is 27.7 Å². The molecular weight excluding hydrogens is 423 g/mol. The molecule has 4 nitrogen and oxygen atoms in total. The third kappa shape index (κ3) is 6.75. The third-order valence-electron chi connectivity index (χ3n) is 4.20. The fourth-order valence-electron chi connectivity index (χ4n) is 2.72. The second-order valence-corrected chi connectivity index (χ2v) is 8.78. The molecule has 2 amide bonds. The van der Waals surface area contributed by atoms with E-state index in [1.54, 1.807) is 24.0 Å². The molecule has 2 aromatic rings. The van der Waals surface area contributed by atoms with Crippen LogP contribution in [-0.2, 0) is 22.6 Å². The van der Waals surface area contributed by atoms with Gasteiger partial charge in [0.15, 0.2) is 0 Å². The molecule has 2 rings (SSSR count).